The number of carbonyl (C=O) groups is 1. The van der Waals surface area contributed by atoms with Crippen molar-refractivity contribution < 1.29 is 23.1 Å². The summed E-state index contributed by atoms with van der Waals surface area (Å²) in [5.41, 5.74) is 0. The van der Waals surface area contributed by atoms with Gasteiger partial charge in [0.1, 0.15) is 6.04 Å². The van der Waals surface area contributed by atoms with E-state index in [9.17, 15) is 13.2 Å². The summed E-state index contributed by atoms with van der Waals surface area (Å²) >= 11 is 2.04. The number of ether oxygens (including phenoxy) is 1. The maximum Gasteiger partial charge on any atom is 0.324 e. The van der Waals surface area contributed by atoms with E-state index in [0.29, 0.717) is 0 Å². The van der Waals surface area contributed by atoms with Gasteiger partial charge in [-0.1, -0.05) is 0 Å². The normalized spacial score (nSPS) is 13.2. The number of benzene rings is 1. The molecule has 0 spiro atoms. The summed E-state index contributed by atoms with van der Waals surface area (Å²) in [7, 11) is -2.56. The number of carboxylic acid groups (broad SMARTS) is 1. The molecule has 0 saturated heterocycles. The van der Waals surface area contributed by atoms with Crippen molar-refractivity contribution in [2.45, 2.75) is 10.9 Å². The van der Waals surface area contributed by atoms with Gasteiger partial charge < -0.3 is 9.84 Å². The lowest BCUT2D eigenvalue weighted by molar-refractivity contribution is -0.140. The number of hydrogen-bond acceptors (Lipinski definition) is 4. The molecule has 1 aromatic carbocycles. The molecule has 1 aromatic rings. The zero-order chi connectivity index (χ0) is 13.8. The Hall–Kier alpha value is -0.710. The summed E-state index contributed by atoms with van der Waals surface area (Å²) in [6, 6.07) is 4.77. The lowest BCUT2D eigenvalue weighted by atomic mass is 10.3. The summed E-state index contributed by atoms with van der Waals surface area (Å²) in [6.07, 6.45) is 0. The van der Waals surface area contributed by atoms with Crippen molar-refractivity contribution in [1.29, 1.82) is 0 Å². The number of aliphatic carboxylic acids is 1. The average molecular weight is 385 g/mol. The molecule has 6 nitrogen and oxygen atoms in total. The highest BCUT2D eigenvalue weighted by Gasteiger charge is 2.25. The monoisotopic (exact) mass is 385 g/mol. The van der Waals surface area contributed by atoms with E-state index in [4.69, 9.17) is 5.11 Å². The first-order valence-corrected chi connectivity index (χ1v) is 7.42. The topological polar surface area (TPSA) is 92.7 Å². The van der Waals surface area contributed by atoms with E-state index < -0.39 is 22.0 Å². The van der Waals surface area contributed by atoms with Crippen LogP contribution < -0.4 is 4.72 Å². The number of sulfonamides is 1. The van der Waals surface area contributed by atoms with Crippen molar-refractivity contribution in [1.82, 2.24) is 4.72 Å². The lowest BCUT2D eigenvalue weighted by Crippen LogP contribution is -2.43. The molecule has 0 fully saturated rings. The van der Waals surface area contributed by atoms with Crippen LogP contribution in [0.5, 0.6) is 0 Å². The van der Waals surface area contributed by atoms with Crippen LogP contribution >= 0.6 is 22.6 Å². The van der Waals surface area contributed by atoms with Crippen molar-refractivity contribution in [3.05, 3.63) is 27.8 Å². The standard InChI is InChI=1S/C10H12INO5S/c1-17-6-9(10(13)14)12-18(15,16)8-4-2-7(11)3-5-8/h2-5,9,12H,6H2,1H3,(H,13,14). The van der Waals surface area contributed by atoms with Gasteiger partial charge in [-0.2, -0.15) is 4.72 Å². The van der Waals surface area contributed by atoms with E-state index in [1.54, 1.807) is 12.1 Å². The Bertz CT molecular complexity index is 514. The van der Waals surface area contributed by atoms with Gasteiger partial charge in [-0.05, 0) is 46.9 Å². The molecule has 1 rings (SSSR count). The summed E-state index contributed by atoms with van der Waals surface area (Å²) in [4.78, 5) is 10.9. The van der Waals surface area contributed by atoms with Crippen LogP contribution in [0.15, 0.2) is 29.2 Å². The van der Waals surface area contributed by atoms with Crippen LogP contribution in [0.2, 0.25) is 0 Å². The Kier molecular flexibility index (Phi) is 5.50. The zero-order valence-electron chi connectivity index (χ0n) is 9.46. The van der Waals surface area contributed by atoms with E-state index >= 15 is 0 Å². The van der Waals surface area contributed by atoms with Crippen LogP contribution in [-0.4, -0.2) is 39.3 Å². The first-order chi connectivity index (χ1) is 8.36. The molecule has 1 unspecified atom stereocenters. The third kappa shape index (κ3) is 4.19. The van der Waals surface area contributed by atoms with Crippen LogP contribution in [0, 0.1) is 3.57 Å². The Labute approximate surface area is 119 Å². The van der Waals surface area contributed by atoms with Gasteiger partial charge in [0.2, 0.25) is 10.0 Å². The minimum absolute atomic E-state index is 0.0188. The van der Waals surface area contributed by atoms with Gasteiger partial charge in [0.25, 0.3) is 0 Å². The fraction of sp³-hybridized carbons (Fsp3) is 0.300. The maximum absolute atomic E-state index is 11.9. The van der Waals surface area contributed by atoms with E-state index in [1.165, 1.54) is 19.2 Å². The quantitative estimate of drug-likeness (QED) is 0.703. The van der Waals surface area contributed by atoms with Crippen molar-refractivity contribution in [2.75, 3.05) is 13.7 Å². The van der Waals surface area contributed by atoms with Crippen LogP contribution in [0.3, 0.4) is 0 Å². The fourth-order valence-corrected chi connectivity index (χ4v) is 2.72. The Morgan fingerprint density at radius 3 is 2.44 bits per heavy atom. The van der Waals surface area contributed by atoms with Crippen LogP contribution in [0.1, 0.15) is 0 Å². The molecule has 100 valence electrons. The summed E-state index contributed by atoms with van der Waals surface area (Å²) < 4.78 is 31.4. The second-order valence-corrected chi connectivity index (χ2v) is 6.38. The van der Waals surface area contributed by atoms with Gasteiger partial charge in [0.15, 0.2) is 0 Å². The Balaban J connectivity index is 2.93. The molecule has 0 aliphatic carbocycles. The molecule has 0 aliphatic heterocycles. The van der Waals surface area contributed by atoms with E-state index in [-0.39, 0.29) is 11.5 Å². The lowest BCUT2D eigenvalue weighted by Gasteiger charge is -2.13. The maximum atomic E-state index is 11.9. The minimum atomic E-state index is -3.86. The molecule has 1 atom stereocenters. The fourth-order valence-electron chi connectivity index (χ4n) is 1.19. The predicted octanol–water partition coefficient (Wildman–Crippen LogP) is 0.669. The van der Waals surface area contributed by atoms with Gasteiger partial charge >= 0.3 is 5.97 Å². The number of methoxy groups -OCH3 is 1. The van der Waals surface area contributed by atoms with E-state index in [0.717, 1.165) is 3.57 Å². The Morgan fingerprint density at radius 1 is 1.44 bits per heavy atom. The van der Waals surface area contributed by atoms with Gasteiger partial charge in [-0.15, -0.1) is 0 Å². The van der Waals surface area contributed by atoms with Gasteiger partial charge in [0, 0.05) is 10.7 Å². The van der Waals surface area contributed by atoms with Crippen LogP contribution in [0.4, 0.5) is 0 Å². The van der Waals surface area contributed by atoms with E-state index in [1.807, 2.05) is 22.6 Å². The minimum Gasteiger partial charge on any atom is -0.480 e. The third-order valence-electron chi connectivity index (χ3n) is 2.05. The molecule has 8 heteroatoms. The van der Waals surface area contributed by atoms with Crippen molar-refractivity contribution in [3.63, 3.8) is 0 Å². The first kappa shape index (κ1) is 15.3. The predicted molar refractivity (Wildman–Crippen MR) is 72.8 cm³/mol. The van der Waals surface area contributed by atoms with Crippen LogP contribution in [0.25, 0.3) is 0 Å². The third-order valence-corrected chi connectivity index (χ3v) is 4.26. The van der Waals surface area contributed by atoms with Crippen molar-refractivity contribution in [3.8, 4) is 0 Å². The van der Waals surface area contributed by atoms with Crippen molar-refractivity contribution in [2.24, 2.45) is 0 Å². The summed E-state index contributed by atoms with van der Waals surface area (Å²) in [5, 5.41) is 8.85. The molecule has 0 aromatic heterocycles. The second-order valence-electron chi connectivity index (χ2n) is 3.42. The number of hydrogen-bond donors (Lipinski definition) is 2. The molecule has 0 saturated carbocycles. The number of carboxylic acids is 1. The largest absolute Gasteiger partial charge is 0.480 e. The Morgan fingerprint density at radius 2 is 2.00 bits per heavy atom. The smallest absolute Gasteiger partial charge is 0.324 e. The number of nitrogens with one attached hydrogen (secondary N) is 1. The highest BCUT2D eigenvalue weighted by molar-refractivity contribution is 14.1. The number of halogens is 1. The second kappa shape index (κ2) is 6.45. The average Bonchev–Trinajstić information content (AvgIpc) is 2.28. The number of rotatable bonds is 6. The molecule has 0 amide bonds. The molecule has 0 heterocycles. The molecule has 2 N–H and O–H groups in total. The van der Waals surface area contributed by atoms with Crippen molar-refractivity contribution >= 4 is 38.6 Å². The van der Waals surface area contributed by atoms with E-state index in [2.05, 4.69) is 9.46 Å². The SMILES string of the molecule is COCC(NS(=O)(=O)c1ccc(I)cc1)C(=O)O. The first-order valence-electron chi connectivity index (χ1n) is 4.86. The molecule has 18 heavy (non-hydrogen) atoms. The molecular formula is C10H12INO5S. The van der Waals surface area contributed by atoms with Gasteiger partial charge in [0.05, 0.1) is 11.5 Å². The highest BCUT2D eigenvalue weighted by atomic mass is 127. The summed E-state index contributed by atoms with van der Waals surface area (Å²) in [6.45, 7) is -0.237. The van der Waals surface area contributed by atoms with Gasteiger partial charge in [-0.25, -0.2) is 8.42 Å². The highest BCUT2D eigenvalue weighted by Crippen LogP contribution is 2.12. The summed E-state index contributed by atoms with van der Waals surface area (Å²) in [5.74, 6) is -1.29. The molecule has 0 radical (unpaired) electrons. The zero-order valence-corrected chi connectivity index (χ0v) is 12.4. The molecular weight excluding hydrogens is 373 g/mol. The van der Waals surface area contributed by atoms with Crippen LogP contribution in [-0.2, 0) is 19.6 Å². The molecule has 0 aliphatic rings. The van der Waals surface area contributed by atoms with Gasteiger partial charge in [-0.3, -0.25) is 4.79 Å². The molecule has 0 bridgehead atoms.